The van der Waals surface area contributed by atoms with Crippen molar-refractivity contribution in [2.45, 2.75) is 6.42 Å². The molecule has 1 aromatic carbocycles. The van der Waals surface area contributed by atoms with E-state index in [1.807, 2.05) is 22.2 Å². The molecule has 120 valence electrons. The Balaban J connectivity index is 1.61. The molecule has 3 rings (SSSR count). The molecule has 0 unspecified atom stereocenters. The number of ether oxygens (including phenoxy) is 2. The van der Waals surface area contributed by atoms with Gasteiger partial charge in [0.15, 0.2) is 4.96 Å². The number of methoxy groups -OCH3 is 2. The van der Waals surface area contributed by atoms with Crippen LogP contribution in [0.5, 0.6) is 11.5 Å². The molecule has 0 spiro atoms. The lowest BCUT2D eigenvalue weighted by atomic mass is 10.1. The number of hydrogen-bond acceptors (Lipinski definition) is 5. The normalized spacial score (nSPS) is 10.7. The number of carbonyl (C=O) groups excluding carboxylic acids is 1. The fourth-order valence-electron chi connectivity index (χ4n) is 2.28. The zero-order valence-electron chi connectivity index (χ0n) is 12.9. The number of thiazole rings is 1. The summed E-state index contributed by atoms with van der Waals surface area (Å²) in [6.07, 6.45) is 4.63. The van der Waals surface area contributed by atoms with E-state index in [4.69, 9.17) is 9.47 Å². The van der Waals surface area contributed by atoms with Gasteiger partial charge in [0.2, 0.25) is 0 Å². The standard InChI is InChI=1S/C16H17N3O3S/c1-21-12-3-4-13(14(9-12)22-2)15(20)17-6-5-11-10-19-7-8-23-16(19)18-11/h3-4,7-10H,5-6H2,1-2H3,(H,17,20). The van der Waals surface area contributed by atoms with E-state index in [-0.39, 0.29) is 5.91 Å². The Morgan fingerprint density at radius 3 is 2.96 bits per heavy atom. The van der Waals surface area contributed by atoms with Crippen molar-refractivity contribution in [1.29, 1.82) is 0 Å². The van der Waals surface area contributed by atoms with E-state index in [1.54, 1.807) is 36.6 Å². The van der Waals surface area contributed by atoms with Crippen molar-refractivity contribution in [2.75, 3.05) is 20.8 Å². The van der Waals surface area contributed by atoms with Crippen molar-refractivity contribution in [1.82, 2.24) is 14.7 Å². The molecule has 0 aliphatic rings. The first kappa shape index (κ1) is 15.4. The fourth-order valence-corrected chi connectivity index (χ4v) is 3.00. The Morgan fingerprint density at radius 1 is 1.35 bits per heavy atom. The third kappa shape index (κ3) is 3.29. The number of aromatic nitrogens is 2. The minimum Gasteiger partial charge on any atom is -0.497 e. The molecule has 3 aromatic rings. The van der Waals surface area contributed by atoms with Crippen LogP contribution in [-0.2, 0) is 6.42 Å². The Hall–Kier alpha value is -2.54. The maximum Gasteiger partial charge on any atom is 0.255 e. The second-order valence-electron chi connectivity index (χ2n) is 4.90. The summed E-state index contributed by atoms with van der Waals surface area (Å²) in [5.74, 6) is 0.964. The summed E-state index contributed by atoms with van der Waals surface area (Å²) >= 11 is 1.59. The van der Waals surface area contributed by atoms with Gasteiger partial charge in [-0.1, -0.05) is 0 Å². The van der Waals surface area contributed by atoms with Gasteiger partial charge < -0.3 is 14.8 Å². The van der Waals surface area contributed by atoms with Gasteiger partial charge in [-0.3, -0.25) is 9.20 Å². The Bertz CT molecular complexity index is 796. The van der Waals surface area contributed by atoms with E-state index in [1.165, 1.54) is 7.11 Å². The molecule has 0 aliphatic heterocycles. The summed E-state index contributed by atoms with van der Waals surface area (Å²) in [5.41, 5.74) is 1.44. The number of amides is 1. The average molecular weight is 331 g/mol. The zero-order chi connectivity index (χ0) is 16.2. The first-order valence-electron chi connectivity index (χ1n) is 7.12. The van der Waals surface area contributed by atoms with Crippen LogP contribution < -0.4 is 14.8 Å². The predicted octanol–water partition coefficient (Wildman–Crippen LogP) is 2.39. The molecule has 2 heterocycles. The van der Waals surface area contributed by atoms with Crippen molar-refractivity contribution in [3.05, 3.63) is 47.2 Å². The van der Waals surface area contributed by atoms with Crippen LogP contribution >= 0.6 is 11.3 Å². The molecule has 0 saturated heterocycles. The van der Waals surface area contributed by atoms with Crippen LogP contribution in [0.1, 0.15) is 16.1 Å². The molecule has 1 N–H and O–H groups in total. The van der Waals surface area contributed by atoms with Gasteiger partial charge in [0, 0.05) is 36.8 Å². The molecule has 7 heteroatoms. The molecule has 0 atom stereocenters. The van der Waals surface area contributed by atoms with Gasteiger partial charge in [0.25, 0.3) is 5.91 Å². The number of rotatable bonds is 6. The largest absolute Gasteiger partial charge is 0.497 e. The molecule has 0 saturated carbocycles. The van der Waals surface area contributed by atoms with Crippen LogP contribution in [0.15, 0.2) is 36.0 Å². The average Bonchev–Trinajstić information content (AvgIpc) is 3.15. The summed E-state index contributed by atoms with van der Waals surface area (Å²) in [4.78, 5) is 17.7. The summed E-state index contributed by atoms with van der Waals surface area (Å²) < 4.78 is 12.4. The highest BCUT2D eigenvalue weighted by molar-refractivity contribution is 7.15. The van der Waals surface area contributed by atoms with Crippen molar-refractivity contribution in [3.63, 3.8) is 0 Å². The van der Waals surface area contributed by atoms with Crippen LogP contribution in [0.3, 0.4) is 0 Å². The molecular weight excluding hydrogens is 314 g/mol. The van der Waals surface area contributed by atoms with Gasteiger partial charge in [-0.25, -0.2) is 4.98 Å². The highest BCUT2D eigenvalue weighted by Gasteiger charge is 2.13. The number of hydrogen-bond donors (Lipinski definition) is 1. The fraction of sp³-hybridized carbons (Fsp3) is 0.250. The molecule has 0 fully saturated rings. The molecule has 0 radical (unpaired) electrons. The third-order valence-corrected chi connectivity index (χ3v) is 4.23. The van der Waals surface area contributed by atoms with Crippen molar-refractivity contribution >= 4 is 22.2 Å². The first-order chi connectivity index (χ1) is 11.2. The van der Waals surface area contributed by atoms with Crippen molar-refractivity contribution in [3.8, 4) is 11.5 Å². The number of fused-ring (bicyclic) bond motifs is 1. The molecular formula is C16H17N3O3S. The van der Waals surface area contributed by atoms with Crippen molar-refractivity contribution in [2.24, 2.45) is 0 Å². The molecule has 2 aromatic heterocycles. The SMILES string of the molecule is COc1ccc(C(=O)NCCc2cn3ccsc3n2)c(OC)c1. The summed E-state index contributed by atoms with van der Waals surface area (Å²) in [5, 5.41) is 4.88. The van der Waals surface area contributed by atoms with E-state index in [2.05, 4.69) is 10.3 Å². The summed E-state index contributed by atoms with van der Waals surface area (Å²) in [7, 11) is 3.10. The third-order valence-electron chi connectivity index (χ3n) is 3.46. The molecule has 0 aliphatic carbocycles. The van der Waals surface area contributed by atoms with E-state index >= 15 is 0 Å². The number of nitrogens with zero attached hydrogens (tertiary/aromatic N) is 2. The van der Waals surface area contributed by atoms with Gasteiger partial charge in [-0.15, -0.1) is 11.3 Å². The van der Waals surface area contributed by atoms with Gasteiger partial charge in [-0.05, 0) is 12.1 Å². The zero-order valence-corrected chi connectivity index (χ0v) is 13.7. The highest BCUT2D eigenvalue weighted by Crippen LogP contribution is 2.24. The van der Waals surface area contributed by atoms with E-state index in [0.717, 1.165) is 10.7 Å². The van der Waals surface area contributed by atoms with Gasteiger partial charge in [-0.2, -0.15) is 0 Å². The number of benzene rings is 1. The van der Waals surface area contributed by atoms with Gasteiger partial charge >= 0.3 is 0 Å². The van der Waals surface area contributed by atoms with Crippen LogP contribution in [0.2, 0.25) is 0 Å². The lowest BCUT2D eigenvalue weighted by Crippen LogP contribution is -2.26. The quantitative estimate of drug-likeness (QED) is 0.753. The topological polar surface area (TPSA) is 64.9 Å². The monoisotopic (exact) mass is 331 g/mol. The Labute approximate surface area is 137 Å². The Kier molecular flexibility index (Phi) is 4.47. The summed E-state index contributed by atoms with van der Waals surface area (Å²) in [6.45, 7) is 0.513. The highest BCUT2D eigenvalue weighted by atomic mass is 32.1. The van der Waals surface area contributed by atoms with Gasteiger partial charge in [0.1, 0.15) is 11.5 Å². The maximum atomic E-state index is 12.3. The predicted molar refractivity (Wildman–Crippen MR) is 88.7 cm³/mol. The second kappa shape index (κ2) is 6.70. The first-order valence-corrected chi connectivity index (χ1v) is 8.00. The number of nitrogens with one attached hydrogen (secondary N) is 1. The van der Waals surface area contributed by atoms with Crippen LogP contribution in [0.25, 0.3) is 4.96 Å². The van der Waals surface area contributed by atoms with E-state index in [9.17, 15) is 4.79 Å². The molecule has 6 nitrogen and oxygen atoms in total. The summed E-state index contributed by atoms with van der Waals surface area (Å²) in [6, 6.07) is 5.12. The molecule has 1 amide bonds. The van der Waals surface area contributed by atoms with Crippen LogP contribution in [-0.4, -0.2) is 36.1 Å². The number of imidazole rings is 1. The molecule has 23 heavy (non-hydrogen) atoms. The van der Waals surface area contributed by atoms with Crippen LogP contribution in [0.4, 0.5) is 0 Å². The number of carbonyl (C=O) groups is 1. The van der Waals surface area contributed by atoms with E-state index < -0.39 is 0 Å². The minimum absolute atomic E-state index is 0.175. The lowest BCUT2D eigenvalue weighted by Gasteiger charge is -2.10. The van der Waals surface area contributed by atoms with Crippen LogP contribution in [0, 0.1) is 0 Å². The van der Waals surface area contributed by atoms with Crippen molar-refractivity contribution < 1.29 is 14.3 Å². The smallest absolute Gasteiger partial charge is 0.255 e. The second-order valence-corrected chi connectivity index (χ2v) is 5.77. The minimum atomic E-state index is -0.175. The molecule has 0 bridgehead atoms. The van der Waals surface area contributed by atoms with Gasteiger partial charge in [0.05, 0.1) is 25.5 Å². The van der Waals surface area contributed by atoms with E-state index in [0.29, 0.717) is 30.0 Å². The lowest BCUT2D eigenvalue weighted by molar-refractivity contribution is 0.0951. The Morgan fingerprint density at radius 2 is 2.22 bits per heavy atom. The maximum absolute atomic E-state index is 12.3.